The second-order valence-electron chi connectivity index (χ2n) is 14.5. The van der Waals surface area contributed by atoms with E-state index in [0.717, 1.165) is 37.7 Å². The van der Waals surface area contributed by atoms with Crippen molar-refractivity contribution in [3.05, 3.63) is 12.2 Å². The summed E-state index contributed by atoms with van der Waals surface area (Å²) < 4.78 is 25.0. The highest BCUT2D eigenvalue weighted by Gasteiger charge is 2.79. The monoisotopic (exact) mass is 536 g/mol. The molecule has 4 aliphatic carbocycles. The van der Waals surface area contributed by atoms with Crippen LogP contribution in [-0.2, 0) is 27.9 Å². The van der Waals surface area contributed by atoms with Crippen molar-refractivity contribution in [2.75, 3.05) is 14.2 Å². The van der Waals surface area contributed by atoms with Gasteiger partial charge in [0.2, 0.25) is 0 Å². The van der Waals surface area contributed by atoms with E-state index in [1.165, 1.54) is 14.2 Å². The van der Waals surface area contributed by atoms with Crippen molar-refractivity contribution < 1.29 is 27.9 Å². The van der Waals surface area contributed by atoms with Gasteiger partial charge in [0, 0.05) is 0 Å². The first-order valence-electron chi connectivity index (χ1n) is 13.6. The Morgan fingerprint density at radius 1 is 0.972 bits per heavy atom. The molecule has 0 heterocycles. The number of esters is 2. The first kappa shape index (κ1) is 28.1. The lowest BCUT2D eigenvalue weighted by Gasteiger charge is -2.54. The second kappa shape index (κ2) is 8.52. The van der Waals surface area contributed by atoms with Gasteiger partial charge in [0.15, 0.2) is 16.6 Å². The highest BCUT2D eigenvalue weighted by atomic mass is 28.4. The van der Waals surface area contributed by atoms with Crippen LogP contribution in [0.2, 0.25) is 39.3 Å². The lowest BCUT2D eigenvalue weighted by Crippen LogP contribution is -2.59. The van der Waals surface area contributed by atoms with E-state index in [0.29, 0.717) is 6.42 Å². The van der Waals surface area contributed by atoms with E-state index in [1.54, 1.807) is 0 Å². The zero-order chi connectivity index (χ0) is 27.1. The number of carbonyl (C=O) groups excluding carboxylic acids is 2. The molecule has 0 aliphatic heterocycles. The molecule has 0 saturated heterocycles. The predicted octanol–water partition coefficient (Wildman–Crippen LogP) is 5.94. The van der Waals surface area contributed by atoms with E-state index in [4.69, 9.17) is 18.3 Å². The van der Waals surface area contributed by atoms with Crippen LogP contribution in [0.3, 0.4) is 0 Å². The van der Waals surface area contributed by atoms with Crippen LogP contribution in [0.25, 0.3) is 0 Å². The summed E-state index contributed by atoms with van der Waals surface area (Å²) in [5.41, 5.74) is -0.849. The van der Waals surface area contributed by atoms with E-state index >= 15 is 0 Å². The van der Waals surface area contributed by atoms with Gasteiger partial charge in [-0.3, -0.25) is 9.59 Å². The molecule has 2 bridgehead atoms. The van der Waals surface area contributed by atoms with Crippen molar-refractivity contribution >= 4 is 28.6 Å². The van der Waals surface area contributed by atoms with Crippen LogP contribution in [0, 0.1) is 34.0 Å². The number of ether oxygens (including phenoxy) is 2. The third-order valence-electron chi connectivity index (χ3n) is 10.0. The zero-order valence-corrected chi connectivity index (χ0v) is 26.2. The van der Waals surface area contributed by atoms with Crippen LogP contribution < -0.4 is 0 Å². The second-order valence-corrected chi connectivity index (χ2v) is 23.4. The Morgan fingerprint density at radius 3 is 2.14 bits per heavy atom. The van der Waals surface area contributed by atoms with E-state index in [1.807, 2.05) is 6.92 Å². The molecule has 4 aliphatic rings. The topological polar surface area (TPSA) is 71.1 Å². The van der Waals surface area contributed by atoms with Gasteiger partial charge in [-0.25, -0.2) is 0 Å². The molecule has 4 rings (SSSR count). The van der Waals surface area contributed by atoms with Crippen LogP contribution in [-0.4, -0.2) is 54.5 Å². The summed E-state index contributed by atoms with van der Waals surface area (Å²) in [6.07, 6.45) is 4.81. The Kier molecular flexibility index (Phi) is 6.64. The summed E-state index contributed by atoms with van der Waals surface area (Å²) in [5.74, 6) is -0.767. The van der Waals surface area contributed by atoms with Gasteiger partial charge in [0.1, 0.15) is 5.60 Å². The van der Waals surface area contributed by atoms with Crippen LogP contribution in [0.4, 0.5) is 0 Å². The molecule has 0 amide bonds. The van der Waals surface area contributed by atoms with Gasteiger partial charge in [0.05, 0.1) is 31.7 Å². The molecule has 8 heteroatoms. The average Bonchev–Trinajstić information content (AvgIpc) is 3.11. The van der Waals surface area contributed by atoms with Gasteiger partial charge in [0.25, 0.3) is 0 Å². The molecule has 0 aromatic carbocycles. The molecule has 1 spiro atoms. The highest BCUT2D eigenvalue weighted by molar-refractivity contribution is 6.70. The molecule has 0 aromatic rings. The summed E-state index contributed by atoms with van der Waals surface area (Å²) in [5, 5.41) is 0. The van der Waals surface area contributed by atoms with Crippen molar-refractivity contribution in [1.82, 2.24) is 0 Å². The number of methoxy groups -OCH3 is 2. The molecule has 0 N–H and O–H groups in total. The normalized spacial score (nSPS) is 44.1. The van der Waals surface area contributed by atoms with Gasteiger partial charge in [-0.2, -0.15) is 0 Å². The Morgan fingerprint density at radius 2 is 1.61 bits per heavy atom. The zero-order valence-electron chi connectivity index (χ0n) is 24.2. The van der Waals surface area contributed by atoms with Gasteiger partial charge in [-0.15, -0.1) is 0 Å². The van der Waals surface area contributed by atoms with Crippen molar-refractivity contribution in [1.29, 1.82) is 0 Å². The van der Waals surface area contributed by atoms with E-state index in [9.17, 15) is 9.59 Å². The first-order valence-corrected chi connectivity index (χ1v) is 20.4. The van der Waals surface area contributed by atoms with Crippen LogP contribution in [0.5, 0.6) is 0 Å². The third kappa shape index (κ3) is 3.92. The molecule has 0 radical (unpaired) electrons. The number of fused-ring (bicyclic) bond motifs is 3. The molecular formula is C28H48O6Si2. The maximum Gasteiger partial charge on any atom is 0.311 e. The molecule has 0 unspecified atom stereocenters. The van der Waals surface area contributed by atoms with Crippen LogP contribution in [0.1, 0.15) is 52.4 Å². The van der Waals surface area contributed by atoms with Crippen molar-refractivity contribution in [2.45, 2.75) is 103 Å². The van der Waals surface area contributed by atoms with Gasteiger partial charge >= 0.3 is 11.9 Å². The molecule has 204 valence electrons. The lowest BCUT2D eigenvalue weighted by atomic mass is 9.53. The predicted molar refractivity (Wildman–Crippen MR) is 145 cm³/mol. The third-order valence-corrected chi connectivity index (χ3v) is 12.0. The Hall–Kier alpha value is -0.966. The highest BCUT2D eigenvalue weighted by Crippen LogP contribution is 2.79. The Labute approximate surface area is 220 Å². The van der Waals surface area contributed by atoms with Crippen LogP contribution in [0.15, 0.2) is 12.2 Å². The van der Waals surface area contributed by atoms with Gasteiger partial charge < -0.3 is 18.3 Å². The average molecular weight is 537 g/mol. The Balaban J connectivity index is 1.95. The number of hydrogen-bond acceptors (Lipinski definition) is 6. The van der Waals surface area contributed by atoms with Crippen molar-refractivity contribution in [2.24, 2.45) is 34.0 Å². The maximum absolute atomic E-state index is 13.8. The molecular weight excluding hydrogens is 488 g/mol. The lowest BCUT2D eigenvalue weighted by molar-refractivity contribution is -0.170. The number of carbonyl (C=O) groups is 2. The molecule has 4 saturated carbocycles. The summed E-state index contributed by atoms with van der Waals surface area (Å²) in [4.78, 5) is 27.2. The molecule has 4 fully saturated rings. The number of hydrogen-bond donors (Lipinski definition) is 0. The van der Waals surface area contributed by atoms with Gasteiger partial charge in [-0.1, -0.05) is 19.9 Å². The number of rotatable bonds is 6. The van der Waals surface area contributed by atoms with Crippen LogP contribution >= 0.6 is 0 Å². The Bertz CT molecular complexity index is 953. The summed E-state index contributed by atoms with van der Waals surface area (Å²) >= 11 is 0. The minimum Gasteiger partial charge on any atom is -0.469 e. The smallest absolute Gasteiger partial charge is 0.311 e. The van der Waals surface area contributed by atoms with Gasteiger partial charge in [-0.05, 0) is 107 Å². The fourth-order valence-electron chi connectivity index (χ4n) is 9.41. The van der Waals surface area contributed by atoms with E-state index in [2.05, 4.69) is 52.8 Å². The minimum absolute atomic E-state index is 0.0933. The standard InChI is InChI=1S/C28H48O6Si2/c1-18-16-27-17-28(18,34-36(9,10)11)20(33-35(6,7)8)15-19(27)25(2)13-12-14-26(3,24(30)32-5)22(25)21(27)23(29)31-4/h19-22H,1,12-17H2,2-11H3/t19-,20-,21+,22-,25-,26+,27-,28-/m0/s1. The van der Waals surface area contributed by atoms with E-state index < -0.39 is 33.6 Å². The molecule has 6 nitrogen and oxygen atoms in total. The fraction of sp³-hybridized carbons (Fsp3) is 0.857. The van der Waals surface area contributed by atoms with E-state index in [-0.39, 0.29) is 40.7 Å². The van der Waals surface area contributed by atoms with Crippen molar-refractivity contribution in [3.63, 3.8) is 0 Å². The quantitative estimate of drug-likeness (QED) is 0.238. The maximum atomic E-state index is 13.8. The van der Waals surface area contributed by atoms with Crippen molar-refractivity contribution in [3.8, 4) is 0 Å². The molecule has 0 aromatic heterocycles. The molecule has 8 atom stereocenters. The SMILES string of the molecule is C=C1C[C@]23C[C@@]1(O[Si](C)(C)C)[C@@H](O[Si](C)(C)C)C[C@H]2[C@]1(C)CCC[C@@](C)(C(=O)OC)[C@H]1[C@@H]3C(=O)OC. The fourth-order valence-corrected chi connectivity index (χ4v) is 12.0. The summed E-state index contributed by atoms with van der Waals surface area (Å²) in [6.45, 7) is 22.3. The molecule has 36 heavy (non-hydrogen) atoms. The first-order chi connectivity index (χ1) is 16.4. The minimum atomic E-state index is -2.00. The summed E-state index contributed by atoms with van der Waals surface area (Å²) in [7, 11) is -0.968. The largest absolute Gasteiger partial charge is 0.469 e. The summed E-state index contributed by atoms with van der Waals surface area (Å²) in [6, 6.07) is 0.